The first kappa shape index (κ1) is 15.8. The van der Waals surface area contributed by atoms with Crippen LogP contribution in [0, 0.1) is 5.92 Å². The van der Waals surface area contributed by atoms with E-state index in [-0.39, 0.29) is 0 Å². The van der Waals surface area contributed by atoms with Crippen LogP contribution < -0.4 is 0 Å². The van der Waals surface area contributed by atoms with Crippen LogP contribution in [-0.4, -0.2) is 0 Å². The summed E-state index contributed by atoms with van der Waals surface area (Å²) in [6.07, 6.45) is 6.19. The van der Waals surface area contributed by atoms with Gasteiger partial charge in [0, 0.05) is 0 Å². The van der Waals surface area contributed by atoms with Crippen molar-refractivity contribution in [2.75, 3.05) is 0 Å². The van der Waals surface area contributed by atoms with E-state index in [1.54, 1.807) is 0 Å². The highest BCUT2D eigenvalue weighted by atomic mass is 35.5. The van der Waals surface area contributed by atoms with Crippen molar-refractivity contribution in [3.63, 3.8) is 0 Å². The Morgan fingerprint density at radius 3 is 2.00 bits per heavy atom. The molecule has 92 valence electrons. The number of rotatable bonds is 5. The summed E-state index contributed by atoms with van der Waals surface area (Å²) in [7, 11) is 0. The third-order valence-electron chi connectivity index (χ3n) is 2.61. The molecular weight excluding hydrogens is 239 g/mol. The monoisotopic (exact) mass is 260 g/mol. The first-order valence-corrected chi connectivity index (χ1v) is 6.37. The molecule has 0 N–H and O–H groups in total. The second-order valence-corrected chi connectivity index (χ2v) is 5.73. The molecule has 0 bridgehead atoms. The first-order chi connectivity index (χ1) is 7.32. The molecule has 0 spiro atoms. The lowest BCUT2D eigenvalue weighted by molar-refractivity contribution is 0.648. The predicted octanol–water partition coefficient (Wildman–Crippen LogP) is 6.02. The van der Waals surface area contributed by atoms with E-state index in [1.807, 2.05) is 6.08 Å². The van der Waals surface area contributed by atoms with Gasteiger partial charge in [-0.1, -0.05) is 52.1 Å². The Balaban J connectivity index is 4.64. The Bertz CT molecular complexity index is 297. The van der Waals surface area contributed by atoms with Crippen LogP contribution in [0.3, 0.4) is 0 Å². The van der Waals surface area contributed by atoms with Gasteiger partial charge >= 0.3 is 0 Å². The molecule has 0 aromatic carbocycles. The lowest BCUT2D eigenvalue weighted by Gasteiger charge is -2.12. The zero-order valence-corrected chi connectivity index (χ0v) is 12.4. The van der Waals surface area contributed by atoms with Crippen molar-refractivity contribution >= 4 is 23.2 Å². The molecule has 0 aliphatic heterocycles. The van der Waals surface area contributed by atoms with E-state index in [0.29, 0.717) is 10.4 Å². The van der Waals surface area contributed by atoms with Crippen LogP contribution >= 0.6 is 23.2 Å². The van der Waals surface area contributed by atoms with Gasteiger partial charge in [-0.05, 0) is 53.4 Å². The highest BCUT2D eigenvalue weighted by Gasteiger charge is 2.07. The third kappa shape index (κ3) is 8.01. The molecular formula is C14H22Cl2. The fourth-order valence-electron chi connectivity index (χ4n) is 1.37. The van der Waals surface area contributed by atoms with Gasteiger partial charge in [0.1, 0.15) is 4.49 Å². The van der Waals surface area contributed by atoms with Gasteiger partial charge < -0.3 is 0 Å². The minimum Gasteiger partial charge on any atom is -0.0853 e. The molecule has 0 aromatic heterocycles. The summed E-state index contributed by atoms with van der Waals surface area (Å²) in [4.78, 5) is 0. The van der Waals surface area contributed by atoms with Crippen LogP contribution in [0.4, 0.5) is 0 Å². The first-order valence-electron chi connectivity index (χ1n) is 5.62. The third-order valence-corrected chi connectivity index (χ3v) is 2.86. The Morgan fingerprint density at radius 1 is 1.06 bits per heavy atom. The van der Waals surface area contributed by atoms with Crippen LogP contribution in [-0.2, 0) is 0 Å². The van der Waals surface area contributed by atoms with E-state index in [4.69, 9.17) is 23.2 Å². The van der Waals surface area contributed by atoms with Gasteiger partial charge in [-0.2, -0.15) is 0 Å². The zero-order valence-electron chi connectivity index (χ0n) is 10.9. The topological polar surface area (TPSA) is 0 Å². The number of halogens is 2. The van der Waals surface area contributed by atoms with Crippen LogP contribution in [0.15, 0.2) is 33.4 Å². The molecule has 0 heterocycles. The van der Waals surface area contributed by atoms with Crippen LogP contribution in [0.2, 0.25) is 0 Å². The summed E-state index contributed by atoms with van der Waals surface area (Å²) >= 11 is 11.5. The Kier molecular flexibility index (Phi) is 7.87. The van der Waals surface area contributed by atoms with Gasteiger partial charge in [0.05, 0.1) is 0 Å². The van der Waals surface area contributed by atoms with Crippen LogP contribution in [0.25, 0.3) is 0 Å². The van der Waals surface area contributed by atoms with Crippen molar-refractivity contribution in [1.29, 1.82) is 0 Å². The Hall–Kier alpha value is -0.200. The van der Waals surface area contributed by atoms with Crippen molar-refractivity contribution < 1.29 is 0 Å². The van der Waals surface area contributed by atoms with Crippen molar-refractivity contribution in [3.05, 3.63) is 33.4 Å². The molecule has 0 radical (unpaired) electrons. The van der Waals surface area contributed by atoms with E-state index < -0.39 is 0 Å². The van der Waals surface area contributed by atoms with Gasteiger partial charge in [0.15, 0.2) is 0 Å². The summed E-state index contributed by atoms with van der Waals surface area (Å²) in [5.74, 6) is 0.398. The SMILES string of the molecule is CC(C)=CCC(C=C(Cl)Cl)CC(C)=C(C)C. The van der Waals surface area contributed by atoms with Gasteiger partial charge in [-0.25, -0.2) is 0 Å². The number of hydrogen-bond donors (Lipinski definition) is 0. The van der Waals surface area contributed by atoms with E-state index >= 15 is 0 Å². The molecule has 0 aliphatic rings. The molecule has 1 unspecified atom stereocenters. The zero-order chi connectivity index (χ0) is 12.7. The Morgan fingerprint density at radius 2 is 1.62 bits per heavy atom. The molecule has 0 saturated carbocycles. The standard InChI is InChI=1S/C14H22Cl2/c1-10(2)6-7-13(9-14(15)16)8-12(5)11(3)4/h6,9,13H,7-8H2,1-5H3. The maximum Gasteiger partial charge on any atom is 0.103 e. The predicted molar refractivity (Wildman–Crippen MR) is 76.0 cm³/mol. The largest absolute Gasteiger partial charge is 0.103 e. The summed E-state index contributed by atoms with van der Waals surface area (Å²) in [5, 5.41) is 0. The summed E-state index contributed by atoms with van der Waals surface area (Å²) < 4.78 is 0.369. The summed E-state index contributed by atoms with van der Waals surface area (Å²) in [6.45, 7) is 10.7. The molecule has 0 fully saturated rings. The molecule has 2 heteroatoms. The van der Waals surface area contributed by atoms with E-state index in [2.05, 4.69) is 40.7 Å². The minimum atomic E-state index is 0.369. The molecule has 0 saturated heterocycles. The maximum absolute atomic E-state index is 5.74. The van der Waals surface area contributed by atoms with Gasteiger partial charge in [0.25, 0.3) is 0 Å². The number of hydrogen-bond acceptors (Lipinski definition) is 0. The quantitative estimate of drug-likeness (QED) is 0.530. The van der Waals surface area contributed by atoms with E-state index in [1.165, 1.54) is 16.7 Å². The molecule has 16 heavy (non-hydrogen) atoms. The highest BCUT2D eigenvalue weighted by Crippen LogP contribution is 2.23. The number of allylic oxidation sites excluding steroid dienone is 5. The smallest absolute Gasteiger partial charge is 0.0853 e. The molecule has 0 amide bonds. The summed E-state index contributed by atoms with van der Waals surface area (Å²) in [6, 6.07) is 0. The minimum absolute atomic E-state index is 0.369. The molecule has 1 atom stereocenters. The van der Waals surface area contributed by atoms with Crippen molar-refractivity contribution in [1.82, 2.24) is 0 Å². The maximum atomic E-state index is 5.74. The van der Waals surface area contributed by atoms with Crippen molar-refractivity contribution in [2.24, 2.45) is 5.92 Å². The second kappa shape index (κ2) is 7.97. The molecule has 0 aromatic rings. The fourth-order valence-corrected chi connectivity index (χ4v) is 1.73. The van der Waals surface area contributed by atoms with Crippen molar-refractivity contribution in [2.45, 2.75) is 47.5 Å². The Labute approximate surface area is 110 Å². The highest BCUT2D eigenvalue weighted by molar-refractivity contribution is 6.55. The fraction of sp³-hybridized carbons (Fsp3) is 0.571. The average Bonchev–Trinajstić information content (AvgIpc) is 2.12. The van der Waals surface area contributed by atoms with Gasteiger partial charge in [0.2, 0.25) is 0 Å². The average molecular weight is 261 g/mol. The molecule has 0 aliphatic carbocycles. The lowest BCUT2D eigenvalue weighted by Crippen LogP contribution is -1.98. The van der Waals surface area contributed by atoms with Crippen LogP contribution in [0.1, 0.15) is 47.5 Å². The molecule has 0 rings (SSSR count). The van der Waals surface area contributed by atoms with E-state index in [0.717, 1.165) is 12.8 Å². The molecule has 0 nitrogen and oxygen atoms in total. The van der Waals surface area contributed by atoms with Gasteiger partial charge in [-0.15, -0.1) is 0 Å². The van der Waals surface area contributed by atoms with E-state index in [9.17, 15) is 0 Å². The second-order valence-electron chi connectivity index (χ2n) is 4.72. The van der Waals surface area contributed by atoms with Crippen LogP contribution in [0.5, 0.6) is 0 Å². The van der Waals surface area contributed by atoms with Crippen molar-refractivity contribution in [3.8, 4) is 0 Å². The lowest BCUT2D eigenvalue weighted by atomic mass is 9.94. The summed E-state index contributed by atoms with van der Waals surface area (Å²) in [5.41, 5.74) is 4.12. The van der Waals surface area contributed by atoms with Gasteiger partial charge in [-0.3, -0.25) is 0 Å². The normalized spacial score (nSPS) is 11.7.